The van der Waals surface area contributed by atoms with Gasteiger partial charge in [-0.05, 0) is 61.7 Å². The van der Waals surface area contributed by atoms with Crippen LogP contribution >= 0.6 is 0 Å². The molecule has 13 heteroatoms. The monoisotopic (exact) mass is 498 g/mol. The van der Waals surface area contributed by atoms with Gasteiger partial charge in [0.1, 0.15) is 17.5 Å². The van der Waals surface area contributed by atoms with Crippen molar-refractivity contribution < 1.29 is 31.9 Å². The molecule has 2 aromatic rings. The molecule has 2 aliphatic rings. The third-order valence-electron chi connectivity index (χ3n) is 5.53. The predicted octanol–water partition coefficient (Wildman–Crippen LogP) is 4.04. The molecular weight excluding hydrogens is 475 g/mol. The van der Waals surface area contributed by atoms with Crippen LogP contribution < -0.4 is 15.5 Å². The SMILES string of the molecule is N#Cc1ccnc(Nc2cc(C3CCNCC3)cc(N3CCC(F)(F)C3)n2)c1.O=C(O)C(F)(F)F. The number of rotatable bonds is 4. The summed E-state index contributed by atoms with van der Waals surface area (Å²) in [5, 5.41) is 22.7. The Morgan fingerprint density at radius 1 is 1.23 bits per heavy atom. The second kappa shape index (κ2) is 10.8. The number of nitrogens with zero attached hydrogens (tertiary/aromatic N) is 4. The van der Waals surface area contributed by atoms with E-state index in [9.17, 15) is 22.0 Å². The van der Waals surface area contributed by atoms with Crippen molar-refractivity contribution in [1.82, 2.24) is 15.3 Å². The molecule has 0 radical (unpaired) electrons. The minimum absolute atomic E-state index is 0.152. The molecule has 0 aliphatic carbocycles. The number of aromatic nitrogens is 2. The molecule has 3 N–H and O–H groups in total. The van der Waals surface area contributed by atoms with Gasteiger partial charge in [0, 0.05) is 19.2 Å². The smallest absolute Gasteiger partial charge is 0.475 e. The topological polar surface area (TPSA) is 114 Å². The molecular formula is C22H23F5N6O2. The Morgan fingerprint density at radius 2 is 1.91 bits per heavy atom. The Hall–Kier alpha value is -3.53. The highest BCUT2D eigenvalue weighted by atomic mass is 19.4. The summed E-state index contributed by atoms with van der Waals surface area (Å²) in [6, 6.07) is 9.26. The lowest BCUT2D eigenvalue weighted by Gasteiger charge is -2.25. The van der Waals surface area contributed by atoms with Crippen molar-refractivity contribution in [3.05, 3.63) is 41.6 Å². The number of halogens is 5. The molecule has 188 valence electrons. The number of hydrogen-bond acceptors (Lipinski definition) is 7. The van der Waals surface area contributed by atoms with E-state index in [0.717, 1.165) is 31.5 Å². The van der Waals surface area contributed by atoms with Crippen LogP contribution in [-0.4, -0.2) is 59.3 Å². The van der Waals surface area contributed by atoms with E-state index < -0.39 is 18.1 Å². The summed E-state index contributed by atoms with van der Waals surface area (Å²) < 4.78 is 59.2. The number of hydrogen-bond donors (Lipinski definition) is 3. The fraction of sp³-hybridized carbons (Fsp3) is 0.455. The van der Waals surface area contributed by atoms with Gasteiger partial charge in [0.15, 0.2) is 0 Å². The number of piperidine rings is 1. The fourth-order valence-electron chi connectivity index (χ4n) is 3.78. The van der Waals surface area contributed by atoms with Crippen LogP contribution in [0.2, 0.25) is 0 Å². The van der Waals surface area contributed by atoms with Gasteiger partial charge in [0.05, 0.1) is 18.2 Å². The van der Waals surface area contributed by atoms with Crippen LogP contribution in [0.15, 0.2) is 30.5 Å². The van der Waals surface area contributed by atoms with Crippen LogP contribution in [-0.2, 0) is 4.79 Å². The summed E-state index contributed by atoms with van der Waals surface area (Å²) in [6.45, 7) is 1.87. The zero-order valence-corrected chi connectivity index (χ0v) is 18.4. The summed E-state index contributed by atoms with van der Waals surface area (Å²) in [5.74, 6) is -3.44. The first-order valence-corrected chi connectivity index (χ1v) is 10.8. The third-order valence-corrected chi connectivity index (χ3v) is 5.53. The minimum Gasteiger partial charge on any atom is -0.475 e. The Kier molecular flexibility index (Phi) is 8.06. The van der Waals surface area contributed by atoms with Crippen LogP contribution in [0.25, 0.3) is 0 Å². The summed E-state index contributed by atoms with van der Waals surface area (Å²) >= 11 is 0. The maximum absolute atomic E-state index is 13.7. The van der Waals surface area contributed by atoms with Gasteiger partial charge in [-0.15, -0.1) is 0 Å². The molecule has 35 heavy (non-hydrogen) atoms. The van der Waals surface area contributed by atoms with E-state index in [1.54, 1.807) is 23.2 Å². The lowest BCUT2D eigenvalue weighted by Crippen LogP contribution is -2.28. The Balaban J connectivity index is 0.000000429. The number of pyridine rings is 2. The molecule has 2 fully saturated rings. The first kappa shape index (κ1) is 26.1. The van der Waals surface area contributed by atoms with E-state index in [1.807, 2.05) is 12.1 Å². The second-order valence-corrected chi connectivity index (χ2v) is 8.17. The van der Waals surface area contributed by atoms with Crippen LogP contribution in [0.5, 0.6) is 0 Å². The Labute approximate surface area is 197 Å². The summed E-state index contributed by atoms with van der Waals surface area (Å²) in [4.78, 5) is 19.3. The lowest BCUT2D eigenvalue weighted by atomic mass is 9.90. The van der Waals surface area contributed by atoms with Crippen LogP contribution in [0.1, 0.15) is 36.3 Å². The molecule has 2 saturated heterocycles. The summed E-state index contributed by atoms with van der Waals surface area (Å²) in [7, 11) is 0. The van der Waals surface area contributed by atoms with Crippen LogP contribution in [0.4, 0.5) is 39.4 Å². The zero-order chi connectivity index (χ0) is 25.6. The predicted molar refractivity (Wildman–Crippen MR) is 117 cm³/mol. The number of alkyl halides is 5. The van der Waals surface area contributed by atoms with Crippen molar-refractivity contribution in [3.63, 3.8) is 0 Å². The van der Waals surface area contributed by atoms with E-state index in [0.29, 0.717) is 28.9 Å². The second-order valence-electron chi connectivity index (χ2n) is 8.17. The molecule has 0 bridgehead atoms. The molecule has 0 amide bonds. The van der Waals surface area contributed by atoms with E-state index in [4.69, 9.17) is 15.2 Å². The number of anilines is 3. The number of aliphatic carboxylic acids is 1. The molecule has 0 atom stereocenters. The van der Waals surface area contributed by atoms with Crippen molar-refractivity contribution >= 4 is 23.4 Å². The molecule has 2 aromatic heterocycles. The number of carboxylic acids is 1. The van der Waals surface area contributed by atoms with Gasteiger partial charge >= 0.3 is 12.1 Å². The van der Waals surface area contributed by atoms with Gasteiger partial charge in [-0.1, -0.05) is 0 Å². The quantitative estimate of drug-likeness (QED) is 0.542. The number of nitriles is 1. The minimum atomic E-state index is -5.08. The largest absolute Gasteiger partial charge is 0.490 e. The first-order chi connectivity index (χ1) is 16.5. The van der Waals surface area contributed by atoms with Gasteiger partial charge in [0.2, 0.25) is 0 Å². The first-order valence-electron chi connectivity index (χ1n) is 10.8. The third kappa shape index (κ3) is 7.48. The normalized spacial score (nSPS) is 17.8. The van der Waals surface area contributed by atoms with Gasteiger partial charge in [-0.2, -0.15) is 18.4 Å². The molecule has 0 spiro atoms. The van der Waals surface area contributed by atoms with E-state index in [2.05, 4.69) is 26.7 Å². The Bertz CT molecular complexity index is 1080. The molecule has 0 aromatic carbocycles. The average molecular weight is 498 g/mol. The fourth-order valence-corrected chi connectivity index (χ4v) is 3.78. The summed E-state index contributed by atoms with van der Waals surface area (Å²) in [6.07, 6.45) is -1.68. The molecule has 0 saturated carbocycles. The zero-order valence-electron chi connectivity index (χ0n) is 18.4. The van der Waals surface area contributed by atoms with Gasteiger partial charge in [-0.3, -0.25) is 0 Å². The van der Waals surface area contributed by atoms with Crippen molar-refractivity contribution in [2.75, 3.05) is 36.4 Å². The van der Waals surface area contributed by atoms with Gasteiger partial charge in [0.25, 0.3) is 5.92 Å². The van der Waals surface area contributed by atoms with E-state index >= 15 is 0 Å². The van der Waals surface area contributed by atoms with E-state index in [1.165, 1.54) is 0 Å². The molecule has 0 unspecified atom stereocenters. The van der Waals surface area contributed by atoms with Crippen LogP contribution in [0.3, 0.4) is 0 Å². The maximum Gasteiger partial charge on any atom is 0.490 e. The average Bonchev–Trinajstić information content (AvgIpc) is 3.19. The standard InChI is InChI=1S/C20H22F2N6.C2HF3O2/c21-20(22)4-8-28(13-20)19-11-16(15-2-5-24-6-3-15)10-18(27-19)26-17-9-14(12-23)1-7-25-17;3-2(4,5)1(6)7/h1,7,9-11,15,24H,2-6,8,13H2,(H,25,26,27);(H,6,7). The lowest BCUT2D eigenvalue weighted by molar-refractivity contribution is -0.192. The molecule has 8 nitrogen and oxygen atoms in total. The number of carbonyl (C=O) groups is 1. The highest BCUT2D eigenvalue weighted by Gasteiger charge is 2.39. The maximum atomic E-state index is 13.7. The highest BCUT2D eigenvalue weighted by molar-refractivity contribution is 5.73. The highest BCUT2D eigenvalue weighted by Crippen LogP contribution is 2.34. The molecule has 4 heterocycles. The molecule has 2 aliphatic heterocycles. The van der Waals surface area contributed by atoms with Crippen molar-refractivity contribution in [2.24, 2.45) is 0 Å². The van der Waals surface area contributed by atoms with Gasteiger partial charge < -0.3 is 20.6 Å². The Morgan fingerprint density at radius 3 is 2.49 bits per heavy atom. The number of nitrogens with one attached hydrogen (secondary N) is 2. The van der Waals surface area contributed by atoms with Gasteiger partial charge in [-0.25, -0.2) is 23.5 Å². The van der Waals surface area contributed by atoms with Crippen molar-refractivity contribution in [2.45, 2.75) is 37.3 Å². The summed E-state index contributed by atoms with van der Waals surface area (Å²) in [5.41, 5.74) is 1.59. The van der Waals surface area contributed by atoms with Crippen LogP contribution in [0, 0.1) is 11.3 Å². The van der Waals surface area contributed by atoms with Crippen molar-refractivity contribution in [3.8, 4) is 6.07 Å². The molecule has 4 rings (SSSR count). The van der Waals surface area contributed by atoms with E-state index in [-0.39, 0.29) is 19.5 Å². The number of carboxylic acid groups (broad SMARTS) is 1. The van der Waals surface area contributed by atoms with Crippen molar-refractivity contribution in [1.29, 1.82) is 5.26 Å².